The van der Waals surface area contributed by atoms with E-state index in [1.165, 1.54) is 7.11 Å². The Morgan fingerprint density at radius 2 is 2.17 bits per heavy atom. The van der Waals surface area contributed by atoms with Crippen LogP contribution in [0.5, 0.6) is 0 Å². The number of fused-ring (bicyclic) bond motifs is 1. The Hall–Kier alpha value is -1.94. The number of hydrogen-bond acceptors (Lipinski definition) is 4. The lowest BCUT2D eigenvalue weighted by Crippen LogP contribution is -2.34. The van der Waals surface area contributed by atoms with Crippen molar-refractivity contribution in [3.63, 3.8) is 0 Å². The van der Waals surface area contributed by atoms with E-state index in [0.29, 0.717) is 12.0 Å². The van der Waals surface area contributed by atoms with Crippen molar-refractivity contribution in [2.24, 2.45) is 0 Å². The Morgan fingerprint density at radius 1 is 1.44 bits per heavy atom. The summed E-state index contributed by atoms with van der Waals surface area (Å²) in [6, 6.07) is 9.54. The molecule has 1 heterocycles. The van der Waals surface area contributed by atoms with E-state index in [0.717, 1.165) is 5.56 Å². The summed E-state index contributed by atoms with van der Waals surface area (Å²) in [4.78, 5) is 23.8. The van der Waals surface area contributed by atoms with E-state index in [1.54, 1.807) is 0 Å². The van der Waals surface area contributed by atoms with Crippen molar-refractivity contribution < 1.29 is 19.1 Å². The van der Waals surface area contributed by atoms with Crippen molar-refractivity contribution in [3.05, 3.63) is 41.5 Å². The molecular weight excluding hydrogens is 232 g/mol. The molecule has 2 unspecified atom stereocenters. The number of carbonyl (C=O) groups is 2. The maximum Gasteiger partial charge on any atom is 0.349 e. The predicted molar refractivity (Wildman–Crippen MR) is 63.7 cm³/mol. The van der Waals surface area contributed by atoms with E-state index in [2.05, 4.69) is 4.74 Å². The summed E-state index contributed by atoms with van der Waals surface area (Å²) in [6.07, 6.45) is 1.94. The lowest BCUT2D eigenvalue weighted by molar-refractivity contribution is -0.150. The molecule has 0 amide bonds. The van der Waals surface area contributed by atoms with E-state index in [9.17, 15) is 9.59 Å². The van der Waals surface area contributed by atoms with E-state index in [1.807, 2.05) is 36.4 Å². The molecule has 0 spiro atoms. The summed E-state index contributed by atoms with van der Waals surface area (Å²) < 4.78 is 9.84. The molecule has 4 heteroatoms. The van der Waals surface area contributed by atoms with Gasteiger partial charge in [-0.1, -0.05) is 30.3 Å². The van der Waals surface area contributed by atoms with Gasteiger partial charge in [0.25, 0.3) is 5.60 Å². The summed E-state index contributed by atoms with van der Waals surface area (Å²) in [5, 5.41) is 0. The van der Waals surface area contributed by atoms with E-state index in [-0.39, 0.29) is 11.9 Å². The second-order valence-corrected chi connectivity index (χ2v) is 4.45. The number of hydrogen-bond donors (Lipinski definition) is 0. The number of carbonyl (C=O) groups excluding carboxylic acids is 2. The van der Waals surface area contributed by atoms with Crippen LogP contribution in [-0.4, -0.2) is 30.6 Å². The zero-order valence-electron chi connectivity index (χ0n) is 9.88. The monoisotopic (exact) mass is 244 g/mol. The fourth-order valence-electron chi connectivity index (χ4n) is 2.41. The Labute approximate surface area is 104 Å². The first-order valence-corrected chi connectivity index (χ1v) is 5.75. The minimum atomic E-state index is -1.34. The van der Waals surface area contributed by atoms with Gasteiger partial charge in [-0.05, 0) is 11.6 Å². The molecule has 18 heavy (non-hydrogen) atoms. The number of Topliss-reactive ketones (excluding diaryl/α,β-unsaturated/α-hetero) is 1. The van der Waals surface area contributed by atoms with Crippen LogP contribution in [0.15, 0.2) is 35.9 Å². The van der Waals surface area contributed by atoms with Crippen LogP contribution in [0.4, 0.5) is 0 Å². The van der Waals surface area contributed by atoms with Crippen molar-refractivity contribution in [2.75, 3.05) is 7.11 Å². The van der Waals surface area contributed by atoms with Crippen molar-refractivity contribution in [1.29, 1.82) is 0 Å². The van der Waals surface area contributed by atoms with E-state index in [4.69, 9.17) is 4.74 Å². The molecule has 2 aliphatic rings. The van der Waals surface area contributed by atoms with Gasteiger partial charge < -0.3 is 9.47 Å². The van der Waals surface area contributed by atoms with Crippen LogP contribution in [0.1, 0.15) is 12.0 Å². The summed E-state index contributed by atoms with van der Waals surface area (Å²) in [6.45, 7) is 0. The molecule has 1 aliphatic carbocycles. The SMILES string of the molecule is COC(=O)C12OC1C/C(=C/c1ccccc1)C2=O. The molecule has 0 bridgehead atoms. The van der Waals surface area contributed by atoms with Crippen molar-refractivity contribution in [2.45, 2.75) is 18.1 Å². The quantitative estimate of drug-likeness (QED) is 0.341. The first kappa shape index (κ1) is 11.2. The van der Waals surface area contributed by atoms with E-state index >= 15 is 0 Å². The zero-order chi connectivity index (χ0) is 12.8. The number of benzene rings is 1. The van der Waals surface area contributed by atoms with Crippen LogP contribution in [-0.2, 0) is 19.1 Å². The van der Waals surface area contributed by atoms with Crippen LogP contribution in [0.2, 0.25) is 0 Å². The molecule has 2 fully saturated rings. The van der Waals surface area contributed by atoms with Crippen LogP contribution in [0.25, 0.3) is 6.08 Å². The average Bonchev–Trinajstić information content (AvgIpc) is 3.06. The van der Waals surface area contributed by atoms with Crippen LogP contribution in [0, 0.1) is 0 Å². The van der Waals surface area contributed by atoms with Gasteiger partial charge in [-0.15, -0.1) is 0 Å². The normalized spacial score (nSPS) is 31.3. The maximum absolute atomic E-state index is 12.2. The Morgan fingerprint density at radius 3 is 2.83 bits per heavy atom. The van der Waals surface area contributed by atoms with Gasteiger partial charge in [0.15, 0.2) is 0 Å². The third-order valence-electron chi connectivity index (χ3n) is 3.39. The molecule has 0 radical (unpaired) electrons. The molecule has 0 N–H and O–H groups in total. The van der Waals surface area contributed by atoms with Gasteiger partial charge in [0, 0.05) is 12.0 Å². The highest BCUT2D eigenvalue weighted by molar-refractivity contribution is 6.22. The molecule has 92 valence electrons. The second kappa shape index (κ2) is 3.78. The topological polar surface area (TPSA) is 55.9 Å². The predicted octanol–water partition coefficient (Wildman–Crippen LogP) is 1.35. The minimum absolute atomic E-state index is 0.261. The number of methoxy groups -OCH3 is 1. The first-order valence-electron chi connectivity index (χ1n) is 5.75. The summed E-state index contributed by atoms with van der Waals surface area (Å²) >= 11 is 0. The molecule has 1 aromatic rings. The summed E-state index contributed by atoms with van der Waals surface area (Å²) in [7, 11) is 1.27. The fourth-order valence-corrected chi connectivity index (χ4v) is 2.41. The summed E-state index contributed by atoms with van der Waals surface area (Å²) in [5.41, 5.74) is 0.236. The van der Waals surface area contributed by atoms with Gasteiger partial charge in [-0.25, -0.2) is 4.79 Å². The van der Waals surface area contributed by atoms with E-state index < -0.39 is 11.6 Å². The molecule has 3 rings (SSSR count). The highest BCUT2D eigenvalue weighted by Gasteiger charge is 2.73. The van der Waals surface area contributed by atoms with Gasteiger partial charge in [0.05, 0.1) is 7.11 Å². The molecule has 1 saturated heterocycles. The third kappa shape index (κ3) is 1.42. The standard InChI is InChI=1S/C14H12O4/c1-17-13(16)14-11(18-14)8-10(12(14)15)7-9-5-3-2-4-6-9/h2-7,11H,8H2,1H3/b10-7-. The van der Waals surface area contributed by atoms with Crippen LogP contribution < -0.4 is 0 Å². The number of ketones is 1. The largest absolute Gasteiger partial charge is 0.466 e. The van der Waals surface area contributed by atoms with Gasteiger partial charge in [-0.3, -0.25) is 4.79 Å². The second-order valence-electron chi connectivity index (χ2n) is 4.45. The van der Waals surface area contributed by atoms with Gasteiger partial charge in [-0.2, -0.15) is 0 Å². The Bertz CT molecular complexity index is 546. The molecular formula is C14H12O4. The molecule has 1 aromatic carbocycles. The van der Waals surface area contributed by atoms with Gasteiger partial charge >= 0.3 is 5.97 Å². The highest BCUT2D eigenvalue weighted by Crippen LogP contribution is 2.50. The molecule has 1 saturated carbocycles. The Balaban J connectivity index is 1.89. The third-order valence-corrected chi connectivity index (χ3v) is 3.39. The van der Waals surface area contributed by atoms with Gasteiger partial charge in [0.2, 0.25) is 5.78 Å². The van der Waals surface area contributed by atoms with Crippen molar-refractivity contribution in [3.8, 4) is 0 Å². The number of epoxide rings is 1. The van der Waals surface area contributed by atoms with Crippen molar-refractivity contribution >= 4 is 17.8 Å². The maximum atomic E-state index is 12.2. The number of ether oxygens (including phenoxy) is 2. The van der Waals surface area contributed by atoms with Crippen molar-refractivity contribution in [1.82, 2.24) is 0 Å². The highest BCUT2D eigenvalue weighted by atomic mass is 16.7. The smallest absolute Gasteiger partial charge is 0.349 e. The first-order chi connectivity index (χ1) is 8.68. The summed E-state index contributed by atoms with van der Waals surface area (Å²) in [5.74, 6) is -0.850. The lowest BCUT2D eigenvalue weighted by Gasteiger charge is -2.05. The number of rotatable bonds is 2. The van der Waals surface area contributed by atoms with Crippen LogP contribution in [0.3, 0.4) is 0 Å². The Kier molecular flexibility index (Phi) is 2.35. The molecule has 0 aromatic heterocycles. The molecule has 2 atom stereocenters. The fraction of sp³-hybridized carbons (Fsp3) is 0.286. The average molecular weight is 244 g/mol. The minimum Gasteiger partial charge on any atom is -0.466 e. The number of esters is 1. The zero-order valence-corrected chi connectivity index (χ0v) is 9.88. The molecule has 1 aliphatic heterocycles. The van der Waals surface area contributed by atoms with Crippen LogP contribution >= 0.6 is 0 Å². The molecule has 4 nitrogen and oxygen atoms in total. The lowest BCUT2D eigenvalue weighted by atomic mass is 10.0. The van der Waals surface area contributed by atoms with Gasteiger partial charge in [0.1, 0.15) is 6.10 Å².